The summed E-state index contributed by atoms with van der Waals surface area (Å²) in [5, 5.41) is 9.08. The molecule has 130 valence electrons. The van der Waals surface area contributed by atoms with E-state index in [-0.39, 0.29) is 12.4 Å². The van der Waals surface area contributed by atoms with Gasteiger partial charge < -0.3 is 4.90 Å². The molecule has 0 amide bonds. The van der Waals surface area contributed by atoms with Crippen molar-refractivity contribution in [2.45, 2.75) is 13.0 Å². The molecule has 4 rings (SSSR count). The normalized spacial score (nSPS) is 25.3. The lowest BCUT2D eigenvalue weighted by molar-refractivity contribution is 0.279. The summed E-state index contributed by atoms with van der Waals surface area (Å²) in [6.45, 7) is 5.37. The molecule has 0 spiro atoms. The Kier molecular flexibility index (Phi) is 4.99. The third kappa shape index (κ3) is 3.10. The van der Waals surface area contributed by atoms with Gasteiger partial charge in [-0.1, -0.05) is 30.3 Å². The van der Waals surface area contributed by atoms with Crippen molar-refractivity contribution in [1.29, 1.82) is 5.26 Å². The second kappa shape index (κ2) is 7.03. The highest BCUT2D eigenvalue weighted by molar-refractivity contribution is 5.85. The van der Waals surface area contributed by atoms with Crippen molar-refractivity contribution in [2.24, 2.45) is 11.8 Å². The minimum absolute atomic E-state index is 0. The van der Waals surface area contributed by atoms with Crippen LogP contribution in [0.3, 0.4) is 0 Å². The molecular weight excluding hydrogens is 332 g/mol. The van der Waals surface area contributed by atoms with Gasteiger partial charge in [0, 0.05) is 31.6 Å². The molecule has 25 heavy (non-hydrogen) atoms. The van der Waals surface area contributed by atoms with E-state index < -0.39 is 0 Å². The van der Waals surface area contributed by atoms with Crippen LogP contribution in [0.15, 0.2) is 42.5 Å². The fourth-order valence-corrected chi connectivity index (χ4v) is 4.49. The fraction of sp³-hybridized carbons (Fsp3) is 0.400. The lowest BCUT2D eigenvalue weighted by Crippen LogP contribution is -2.29. The van der Waals surface area contributed by atoms with Gasteiger partial charge in [0.15, 0.2) is 0 Å². The maximum Gasteiger partial charge on any atom is 0.142 e. The van der Waals surface area contributed by atoms with Gasteiger partial charge >= 0.3 is 0 Å². The lowest BCUT2D eigenvalue weighted by atomic mass is 9.88. The molecule has 3 heterocycles. The first kappa shape index (κ1) is 17.7. The number of anilines is 1. The number of pyridine rings is 1. The highest BCUT2D eigenvalue weighted by atomic mass is 35.5. The van der Waals surface area contributed by atoms with Gasteiger partial charge in [0.2, 0.25) is 0 Å². The first-order chi connectivity index (χ1) is 11.7. The standard InChI is InChI=1S/C20H22N4.ClH/c1-14-6-3-4-8-17(14)20-18-13-24(12-15(18)11-23(20)2)19-9-5-7-16(10-21)22-19;/h3-9,15,18,20H,11-13H2,1-2H3;1H/t15-,18+,20-;/m0./s1. The molecule has 1 aromatic heterocycles. The van der Waals surface area contributed by atoms with Gasteiger partial charge in [0.1, 0.15) is 17.6 Å². The van der Waals surface area contributed by atoms with Crippen LogP contribution in [0, 0.1) is 30.1 Å². The van der Waals surface area contributed by atoms with Crippen molar-refractivity contribution in [3.05, 3.63) is 59.3 Å². The van der Waals surface area contributed by atoms with Gasteiger partial charge in [-0.2, -0.15) is 5.26 Å². The Balaban J connectivity index is 0.00000182. The Morgan fingerprint density at radius 3 is 2.64 bits per heavy atom. The summed E-state index contributed by atoms with van der Waals surface area (Å²) < 4.78 is 0. The molecule has 2 fully saturated rings. The summed E-state index contributed by atoms with van der Waals surface area (Å²) in [7, 11) is 2.24. The molecule has 2 aliphatic rings. The number of fused-ring (bicyclic) bond motifs is 1. The minimum Gasteiger partial charge on any atom is -0.356 e. The van der Waals surface area contributed by atoms with Gasteiger partial charge in [-0.15, -0.1) is 12.4 Å². The van der Waals surface area contributed by atoms with E-state index in [0.717, 1.165) is 25.5 Å². The minimum atomic E-state index is 0. The number of nitriles is 1. The summed E-state index contributed by atoms with van der Waals surface area (Å²) in [4.78, 5) is 9.35. The summed E-state index contributed by atoms with van der Waals surface area (Å²) in [6.07, 6.45) is 0. The number of benzene rings is 1. The predicted octanol–water partition coefficient (Wildman–Crippen LogP) is 3.42. The van der Waals surface area contributed by atoms with Crippen LogP contribution in [0.2, 0.25) is 0 Å². The zero-order valence-electron chi connectivity index (χ0n) is 14.6. The lowest BCUT2D eigenvalue weighted by Gasteiger charge is -2.28. The Morgan fingerprint density at radius 2 is 1.88 bits per heavy atom. The molecule has 0 radical (unpaired) electrons. The monoisotopic (exact) mass is 354 g/mol. The van der Waals surface area contributed by atoms with E-state index in [0.29, 0.717) is 23.6 Å². The molecule has 2 aromatic rings. The summed E-state index contributed by atoms with van der Waals surface area (Å²) in [5.74, 6) is 2.21. The number of halogens is 1. The van der Waals surface area contributed by atoms with Crippen molar-refractivity contribution in [3.8, 4) is 6.07 Å². The summed E-state index contributed by atoms with van der Waals surface area (Å²) in [5.41, 5.74) is 3.32. The summed E-state index contributed by atoms with van der Waals surface area (Å²) >= 11 is 0. The molecule has 2 saturated heterocycles. The van der Waals surface area contributed by atoms with Gasteiger partial charge in [0.25, 0.3) is 0 Å². The van der Waals surface area contributed by atoms with Crippen LogP contribution >= 0.6 is 12.4 Å². The van der Waals surface area contributed by atoms with Crippen molar-refractivity contribution in [2.75, 3.05) is 31.6 Å². The van der Waals surface area contributed by atoms with Gasteiger partial charge in [-0.3, -0.25) is 4.90 Å². The van der Waals surface area contributed by atoms with E-state index in [2.05, 4.69) is 59.1 Å². The average Bonchev–Trinajstić information content (AvgIpc) is 3.12. The zero-order chi connectivity index (χ0) is 16.7. The van der Waals surface area contributed by atoms with Gasteiger partial charge in [-0.25, -0.2) is 4.98 Å². The molecule has 4 nitrogen and oxygen atoms in total. The van der Waals surface area contributed by atoms with E-state index in [1.54, 1.807) is 6.07 Å². The van der Waals surface area contributed by atoms with Crippen LogP contribution in [0.4, 0.5) is 5.82 Å². The number of aryl methyl sites for hydroxylation is 1. The highest BCUT2D eigenvalue weighted by Gasteiger charge is 2.46. The molecule has 3 atom stereocenters. The molecular formula is C20H23ClN4. The van der Waals surface area contributed by atoms with Crippen LogP contribution in [0.1, 0.15) is 22.9 Å². The van der Waals surface area contributed by atoms with E-state index in [9.17, 15) is 0 Å². The number of likely N-dealkylation sites (tertiary alicyclic amines) is 1. The number of aromatic nitrogens is 1. The number of nitrogens with zero attached hydrogens (tertiary/aromatic N) is 4. The Labute approximate surface area is 155 Å². The summed E-state index contributed by atoms with van der Waals surface area (Å²) in [6, 6.07) is 17.1. The van der Waals surface area contributed by atoms with Crippen molar-refractivity contribution < 1.29 is 0 Å². The van der Waals surface area contributed by atoms with E-state index in [1.807, 2.05) is 12.1 Å². The van der Waals surface area contributed by atoms with Crippen LogP contribution < -0.4 is 4.90 Å². The highest BCUT2D eigenvalue weighted by Crippen LogP contribution is 2.45. The van der Waals surface area contributed by atoms with Crippen LogP contribution in [-0.2, 0) is 0 Å². The van der Waals surface area contributed by atoms with E-state index >= 15 is 0 Å². The van der Waals surface area contributed by atoms with Crippen molar-refractivity contribution in [1.82, 2.24) is 9.88 Å². The van der Waals surface area contributed by atoms with Crippen LogP contribution in [0.25, 0.3) is 0 Å². The van der Waals surface area contributed by atoms with Crippen LogP contribution in [-0.4, -0.2) is 36.6 Å². The first-order valence-electron chi connectivity index (χ1n) is 8.55. The third-order valence-corrected chi connectivity index (χ3v) is 5.57. The Morgan fingerprint density at radius 1 is 1.08 bits per heavy atom. The first-order valence-corrected chi connectivity index (χ1v) is 8.55. The number of hydrogen-bond donors (Lipinski definition) is 0. The molecule has 5 heteroatoms. The Bertz CT molecular complexity index is 800. The second-order valence-corrected chi connectivity index (χ2v) is 7.06. The van der Waals surface area contributed by atoms with Gasteiger partial charge in [-0.05, 0) is 43.1 Å². The molecule has 0 N–H and O–H groups in total. The Hall–Kier alpha value is -2.09. The van der Waals surface area contributed by atoms with E-state index in [4.69, 9.17) is 5.26 Å². The SMILES string of the molecule is Cc1ccccc1[C@H]1[C@@H]2CN(c3cccc(C#N)n3)C[C@@H]2CN1C.Cl. The molecule has 0 aliphatic carbocycles. The topological polar surface area (TPSA) is 43.2 Å². The predicted molar refractivity (Wildman–Crippen MR) is 102 cm³/mol. The molecule has 1 aromatic carbocycles. The third-order valence-electron chi connectivity index (χ3n) is 5.57. The van der Waals surface area contributed by atoms with Gasteiger partial charge in [0.05, 0.1) is 0 Å². The quantitative estimate of drug-likeness (QED) is 0.828. The number of rotatable bonds is 2. The molecule has 2 aliphatic heterocycles. The zero-order valence-corrected chi connectivity index (χ0v) is 15.4. The van der Waals surface area contributed by atoms with Crippen molar-refractivity contribution >= 4 is 18.2 Å². The smallest absolute Gasteiger partial charge is 0.142 e. The van der Waals surface area contributed by atoms with E-state index in [1.165, 1.54) is 11.1 Å². The number of hydrogen-bond acceptors (Lipinski definition) is 4. The second-order valence-electron chi connectivity index (χ2n) is 7.06. The maximum atomic E-state index is 9.08. The maximum absolute atomic E-state index is 9.08. The van der Waals surface area contributed by atoms with Crippen molar-refractivity contribution in [3.63, 3.8) is 0 Å². The average molecular weight is 355 g/mol. The van der Waals surface area contributed by atoms with Crippen LogP contribution in [0.5, 0.6) is 0 Å². The largest absolute Gasteiger partial charge is 0.356 e. The molecule has 0 saturated carbocycles. The molecule has 0 bridgehead atoms. The fourth-order valence-electron chi connectivity index (χ4n) is 4.49. The molecule has 0 unspecified atom stereocenters.